The summed E-state index contributed by atoms with van der Waals surface area (Å²) in [6.07, 6.45) is 2.02. The molecule has 3 aromatic heterocycles. The Labute approximate surface area is 212 Å². The molecule has 0 spiro atoms. The van der Waals surface area contributed by atoms with Gasteiger partial charge in [0.1, 0.15) is 11.3 Å². The Morgan fingerprint density at radius 2 is 1.89 bits per heavy atom. The highest BCUT2D eigenvalue weighted by molar-refractivity contribution is 5.83. The second kappa shape index (κ2) is 9.51. The number of fused-ring (bicyclic) bond motifs is 2. The Morgan fingerprint density at radius 1 is 1.08 bits per heavy atom. The van der Waals surface area contributed by atoms with Gasteiger partial charge in [0.2, 0.25) is 5.95 Å². The predicted octanol–water partition coefficient (Wildman–Crippen LogP) is 2.43. The Balaban J connectivity index is 1.39. The average molecular weight is 498 g/mol. The molecule has 0 unspecified atom stereocenters. The number of nitrogens with zero attached hydrogens (tertiary/aromatic N) is 6. The number of aryl methyl sites for hydroxylation is 1. The lowest BCUT2D eigenvalue weighted by Crippen LogP contribution is -2.36. The highest BCUT2D eigenvalue weighted by Gasteiger charge is 2.17. The Hall–Kier alpha value is -4.51. The van der Waals surface area contributed by atoms with Gasteiger partial charge in [0, 0.05) is 31.7 Å². The van der Waals surface area contributed by atoms with E-state index in [1.54, 1.807) is 10.9 Å². The number of nitrogen functional groups attached to an aromatic ring is 1. The first-order chi connectivity index (χ1) is 18.1. The summed E-state index contributed by atoms with van der Waals surface area (Å²) >= 11 is 0. The molecule has 4 heterocycles. The minimum atomic E-state index is -0.0838. The normalized spacial score (nSPS) is 13.9. The number of nitrogens with one attached hydrogen (secondary N) is 2. The Morgan fingerprint density at radius 3 is 2.76 bits per heavy atom. The molecule has 0 radical (unpaired) electrons. The lowest BCUT2D eigenvalue weighted by molar-refractivity contribution is 0.122. The summed E-state index contributed by atoms with van der Waals surface area (Å²) in [6.45, 7) is 5.42. The second-order valence-electron chi connectivity index (χ2n) is 8.97. The van der Waals surface area contributed by atoms with Gasteiger partial charge < -0.3 is 25.7 Å². The number of aromatic nitrogens is 6. The number of aromatic amines is 1. The van der Waals surface area contributed by atoms with Gasteiger partial charge in [-0.1, -0.05) is 18.2 Å². The van der Waals surface area contributed by atoms with E-state index in [1.807, 2.05) is 37.3 Å². The van der Waals surface area contributed by atoms with Crippen molar-refractivity contribution in [2.75, 3.05) is 48.8 Å². The summed E-state index contributed by atoms with van der Waals surface area (Å²) in [6, 6.07) is 13.8. The smallest absolute Gasteiger partial charge is 0.266 e. The van der Waals surface area contributed by atoms with Crippen LogP contribution in [0.25, 0.3) is 27.8 Å². The first kappa shape index (κ1) is 22.9. The molecule has 1 aliphatic heterocycles. The van der Waals surface area contributed by atoms with Crippen molar-refractivity contribution in [3.8, 4) is 5.69 Å². The summed E-state index contributed by atoms with van der Waals surface area (Å²) in [4.78, 5) is 36.7. The molecule has 6 rings (SSSR count). The minimum absolute atomic E-state index is 0.0838. The van der Waals surface area contributed by atoms with Crippen molar-refractivity contribution in [3.63, 3.8) is 0 Å². The number of nitrogens with two attached hydrogens (primary N) is 1. The predicted molar refractivity (Wildman–Crippen MR) is 143 cm³/mol. The van der Waals surface area contributed by atoms with E-state index in [1.165, 1.54) is 0 Å². The quantitative estimate of drug-likeness (QED) is 0.323. The first-order valence-corrected chi connectivity index (χ1v) is 12.2. The van der Waals surface area contributed by atoms with E-state index >= 15 is 0 Å². The molecule has 4 N–H and O–H groups in total. The van der Waals surface area contributed by atoms with Crippen LogP contribution in [0.2, 0.25) is 0 Å². The van der Waals surface area contributed by atoms with Gasteiger partial charge >= 0.3 is 0 Å². The lowest BCUT2D eigenvalue weighted by atomic mass is 10.1. The topological polar surface area (TPSA) is 140 Å². The van der Waals surface area contributed by atoms with Gasteiger partial charge in [0.05, 0.1) is 36.1 Å². The number of anilines is 3. The van der Waals surface area contributed by atoms with Crippen LogP contribution in [0.4, 0.5) is 17.5 Å². The zero-order valence-electron chi connectivity index (χ0n) is 20.4. The van der Waals surface area contributed by atoms with Gasteiger partial charge in [-0.25, -0.2) is 9.97 Å². The molecular weight excluding hydrogens is 470 g/mol. The zero-order chi connectivity index (χ0) is 25.4. The lowest BCUT2D eigenvalue weighted by Gasteiger charge is -2.29. The van der Waals surface area contributed by atoms with Crippen LogP contribution >= 0.6 is 0 Å². The van der Waals surface area contributed by atoms with Gasteiger partial charge in [-0.3, -0.25) is 9.36 Å². The third kappa shape index (κ3) is 4.33. The van der Waals surface area contributed by atoms with Crippen LogP contribution in [-0.4, -0.2) is 62.3 Å². The van der Waals surface area contributed by atoms with E-state index in [0.717, 1.165) is 30.0 Å². The fourth-order valence-corrected chi connectivity index (χ4v) is 4.80. The van der Waals surface area contributed by atoms with Crippen molar-refractivity contribution >= 4 is 39.5 Å². The van der Waals surface area contributed by atoms with Gasteiger partial charge in [-0.05, 0) is 36.8 Å². The van der Waals surface area contributed by atoms with E-state index in [0.29, 0.717) is 59.9 Å². The minimum Gasteiger partial charge on any atom is -0.378 e. The average Bonchev–Trinajstić information content (AvgIpc) is 3.38. The standard InChI is InChI=1S/C26H27N9O2/c1-16-4-2-7-19-21(16)25(36)35(18-6-3-5-17(14-18)34-10-12-37-13-11-34)20(31-19)8-9-28-23-22-24(30-15-29-22)33-26(27)32-23/h2-7,14-15H,8-13H2,1H3,(H4,27,28,29,30,32,33). The number of hydrogen-bond donors (Lipinski definition) is 3. The third-order valence-corrected chi connectivity index (χ3v) is 6.58. The molecule has 0 aliphatic carbocycles. The van der Waals surface area contributed by atoms with Crippen LogP contribution in [0, 0.1) is 6.92 Å². The number of H-pyrrole nitrogens is 1. The highest BCUT2D eigenvalue weighted by atomic mass is 16.5. The van der Waals surface area contributed by atoms with Crippen LogP contribution in [0.3, 0.4) is 0 Å². The SMILES string of the molecule is Cc1cccc2nc(CCNc3nc(N)nc4nc[nH]c34)n(-c3cccc(N4CCOCC4)c3)c(=O)c12. The van der Waals surface area contributed by atoms with Gasteiger partial charge in [0.25, 0.3) is 5.56 Å². The highest BCUT2D eigenvalue weighted by Crippen LogP contribution is 2.22. The number of hydrogen-bond acceptors (Lipinski definition) is 9. The summed E-state index contributed by atoms with van der Waals surface area (Å²) in [5.74, 6) is 1.34. The Kier molecular flexibility index (Phi) is 5.89. The van der Waals surface area contributed by atoms with Crippen molar-refractivity contribution in [3.05, 3.63) is 70.5 Å². The number of imidazole rings is 1. The molecule has 0 bridgehead atoms. The van der Waals surface area contributed by atoms with Crippen molar-refractivity contribution in [2.45, 2.75) is 13.3 Å². The number of benzene rings is 2. The third-order valence-electron chi connectivity index (χ3n) is 6.58. The van der Waals surface area contributed by atoms with Gasteiger partial charge in [-0.2, -0.15) is 9.97 Å². The molecule has 1 saturated heterocycles. The number of rotatable bonds is 6. The van der Waals surface area contributed by atoms with E-state index in [2.05, 4.69) is 42.3 Å². The van der Waals surface area contributed by atoms with Crippen molar-refractivity contribution < 1.29 is 4.74 Å². The second-order valence-corrected chi connectivity index (χ2v) is 8.97. The fraction of sp³-hybridized carbons (Fsp3) is 0.269. The molecule has 11 heteroatoms. The Bertz CT molecular complexity index is 1650. The molecule has 11 nitrogen and oxygen atoms in total. The molecule has 37 heavy (non-hydrogen) atoms. The molecule has 1 fully saturated rings. The number of ether oxygens (including phenoxy) is 1. The van der Waals surface area contributed by atoms with E-state index < -0.39 is 0 Å². The summed E-state index contributed by atoms with van der Waals surface area (Å²) in [5, 5.41) is 3.93. The van der Waals surface area contributed by atoms with Crippen LogP contribution in [0.5, 0.6) is 0 Å². The summed E-state index contributed by atoms with van der Waals surface area (Å²) in [7, 11) is 0. The van der Waals surface area contributed by atoms with E-state index in [9.17, 15) is 4.79 Å². The molecule has 188 valence electrons. The maximum Gasteiger partial charge on any atom is 0.266 e. The van der Waals surface area contributed by atoms with E-state index in [4.69, 9.17) is 15.5 Å². The monoisotopic (exact) mass is 497 g/mol. The molecular formula is C26H27N9O2. The van der Waals surface area contributed by atoms with Crippen LogP contribution in [0.15, 0.2) is 53.6 Å². The van der Waals surface area contributed by atoms with Crippen molar-refractivity contribution in [2.24, 2.45) is 0 Å². The molecule has 2 aromatic carbocycles. The van der Waals surface area contributed by atoms with Gasteiger partial charge in [0.15, 0.2) is 11.5 Å². The summed E-state index contributed by atoms with van der Waals surface area (Å²) in [5.41, 5.74) is 10.4. The van der Waals surface area contributed by atoms with Crippen molar-refractivity contribution in [1.29, 1.82) is 0 Å². The van der Waals surface area contributed by atoms with Crippen molar-refractivity contribution in [1.82, 2.24) is 29.5 Å². The molecule has 0 saturated carbocycles. The van der Waals surface area contributed by atoms with Crippen LogP contribution in [0.1, 0.15) is 11.4 Å². The van der Waals surface area contributed by atoms with Gasteiger partial charge in [-0.15, -0.1) is 0 Å². The maximum absolute atomic E-state index is 13.9. The number of morpholine rings is 1. The summed E-state index contributed by atoms with van der Waals surface area (Å²) < 4.78 is 7.23. The zero-order valence-corrected chi connectivity index (χ0v) is 20.4. The molecule has 5 aromatic rings. The van der Waals surface area contributed by atoms with Crippen LogP contribution in [-0.2, 0) is 11.2 Å². The molecule has 0 amide bonds. The molecule has 1 aliphatic rings. The first-order valence-electron chi connectivity index (χ1n) is 12.2. The molecule has 0 atom stereocenters. The maximum atomic E-state index is 13.9. The largest absolute Gasteiger partial charge is 0.378 e. The van der Waals surface area contributed by atoms with E-state index in [-0.39, 0.29) is 11.5 Å². The van der Waals surface area contributed by atoms with Crippen LogP contribution < -0.4 is 21.5 Å². The fourth-order valence-electron chi connectivity index (χ4n) is 4.80.